The highest BCUT2D eigenvalue weighted by atomic mass is 32.2. The fraction of sp³-hybridized carbons (Fsp3) is 0.538. The molecule has 9 heteroatoms. The van der Waals surface area contributed by atoms with Crippen molar-refractivity contribution in [1.82, 2.24) is 4.90 Å². The number of rotatable bonds is 6. The summed E-state index contributed by atoms with van der Waals surface area (Å²) >= 11 is 0. The van der Waals surface area contributed by atoms with Gasteiger partial charge in [-0.3, -0.25) is 15.0 Å². The van der Waals surface area contributed by atoms with Crippen molar-refractivity contribution in [2.45, 2.75) is 4.90 Å². The highest BCUT2D eigenvalue weighted by molar-refractivity contribution is 7.90. The molecule has 8 nitrogen and oxygen atoms in total. The number of hydrogen-bond acceptors (Lipinski definition) is 7. The number of non-ortho nitro benzene ring substituents is 1. The van der Waals surface area contributed by atoms with E-state index >= 15 is 0 Å². The maximum Gasteiger partial charge on any atom is 0.274 e. The van der Waals surface area contributed by atoms with Gasteiger partial charge in [-0.1, -0.05) is 0 Å². The zero-order chi connectivity index (χ0) is 16.2. The second-order valence-corrected chi connectivity index (χ2v) is 7.01. The first kappa shape index (κ1) is 16.7. The van der Waals surface area contributed by atoms with Crippen LogP contribution >= 0.6 is 0 Å². The largest absolute Gasteiger partial charge is 0.492 e. The fourth-order valence-electron chi connectivity index (χ4n) is 2.08. The van der Waals surface area contributed by atoms with Gasteiger partial charge in [-0.2, -0.15) is 0 Å². The van der Waals surface area contributed by atoms with Crippen molar-refractivity contribution < 1.29 is 22.8 Å². The summed E-state index contributed by atoms with van der Waals surface area (Å²) in [5, 5.41) is 10.9. The molecule has 0 spiro atoms. The van der Waals surface area contributed by atoms with Gasteiger partial charge in [0.2, 0.25) is 0 Å². The average molecular weight is 330 g/mol. The highest BCUT2D eigenvalue weighted by Gasteiger charge is 2.17. The molecule has 0 aromatic heterocycles. The molecular weight excluding hydrogens is 312 g/mol. The molecule has 1 aromatic carbocycles. The Balaban J connectivity index is 2.05. The minimum absolute atomic E-state index is 0.122. The Morgan fingerprint density at radius 1 is 1.32 bits per heavy atom. The molecule has 1 aliphatic heterocycles. The molecule has 2 rings (SSSR count). The second kappa shape index (κ2) is 7.03. The maximum atomic E-state index is 11.6. The molecular formula is C13H18N2O6S. The zero-order valence-electron chi connectivity index (χ0n) is 12.2. The fourth-order valence-corrected chi connectivity index (χ4v) is 2.74. The van der Waals surface area contributed by atoms with Crippen molar-refractivity contribution in [1.29, 1.82) is 0 Å². The highest BCUT2D eigenvalue weighted by Crippen LogP contribution is 2.25. The number of morpholine rings is 1. The Hall–Kier alpha value is -1.71. The Kier molecular flexibility index (Phi) is 5.33. The van der Waals surface area contributed by atoms with Gasteiger partial charge in [-0.25, -0.2) is 8.42 Å². The van der Waals surface area contributed by atoms with Gasteiger partial charge in [0, 0.05) is 32.0 Å². The van der Waals surface area contributed by atoms with Gasteiger partial charge < -0.3 is 9.47 Å². The summed E-state index contributed by atoms with van der Waals surface area (Å²) in [5.41, 5.74) is -0.302. The summed E-state index contributed by atoms with van der Waals surface area (Å²) < 4.78 is 33.9. The van der Waals surface area contributed by atoms with Gasteiger partial charge >= 0.3 is 0 Å². The molecule has 0 radical (unpaired) electrons. The number of ether oxygens (including phenoxy) is 2. The third kappa shape index (κ3) is 4.65. The monoisotopic (exact) mass is 330 g/mol. The molecule has 0 bridgehead atoms. The van der Waals surface area contributed by atoms with E-state index in [1.165, 1.54) is 12.1 Å². The van der Waals surface area contributed by atoms with Crippen molar-refractivity contribution in [2.75, 3.05) is 45.7 Å². The molecule has 0 saturated carbocycles. The minimum atomic E-state index is -3.54. The molecule has 122 valence electrons. The van der Waals surface area contributed by atoms with Crippen molar-refractivity contribution in [3.8, 4) is 5.75 Å². The lowest BCUT2D eigenvalue weighted by Gasteiger charge is -2.26. The van der Waals surface area contributed by atoms with Crippen LogP contribution in [0.15, 0.2) is 23.1 Å². The molecule has 1 heterocycles. The minimum Gasteiger partial charge on any atom is -0.492 e. The molecule has 0 atom stereocenters. The number of sulfone groups is 1. The van der Waals surface area contributed by atoms with Crippen LogP contribution in [0.4, 0.5) is 5.69 Å². The molecule has 0 unspecified atom stereocenters. The lowest BCUT2D eigenvalue weighted by Crippen LogP contribution is -2.38. The number of hydrogen-bond donors (Lipinski definition) is 0. The van der Waals surface area contributed by atoms with Crippen LogP contribution < -0.4 is 4.74 Å². The Morgan fingerprint density at radius 3 is 2.59 bits per heavy atom. The van der Waals surface area contributed by atoms with Gasteiger partial charge in [0.1, 0.15) is 12.4 Å². The lowest BCUT2D eigenvalue weighted by molar-refractivity contribution is -0.385. The lowest BCUT2D eigenvalue weighted by atomic mass is 10.3. The smallest absolute Gasteiger partial charge is 0.274 e. The maximum absolute atomic E-state index is 11.6. The van der Waals surface area contributed by atoms with Crippen LogP contribution in [-0.2, 0) is 14.6 Å². The van der Waals surface area contributed by atoms with E-state index in [2.05, 4.69) is 4.90 Å². The molecule has 1 saturated heterocycles. The molecule has 1 fully saturated rings. The van der Waals surface area contributed by atoms with E-state index in [-0.39, 0.29) is 16.3 Å². The van der Waals surface area contributed by atoms with Crippen molar-refractivity contribution in [3.05, 3.63) is 28.3 Å². The third-order valence-corrected chi connectivity index (χ3v) is 4.38. The first-order chi connectivity index (χ1) is 10.4. The SMILES string of the molecule is CS(=O)(=O)c1cc(OCCN2CCOCC2)cc([N+](=O)[O-])c1. The molecule has 0 N–H and O–H groups in total. The van der Waals surface area contributed by atoms with Gasteiger partial charge in [-0.05, 0) is 6.07 Å². The van der Waals surface area contributed by atoms with E-state index < -0.39 is 14.8 Å². The predicted octanol–water partition coefficient (Wildman–Crippen LogP) is 0.709. The molecule has 1 aromatic rings. The molecule has 22 heavy (non-hydrogen) atoms. The van der Waals surface area contributed by atoms with Crippen LogP contribution in [0.5, 0.6) is 5.75 Å². The van der Waals surface area contributed by atoms with Crippen LogP contribution in [0.25, 0.3) is 0 Å². The van der Waals surface area contributed by atoms with Crippen molar-refractivity contribution in [3.63, 3.8) is 0 Å². The van der Waals surface area contributed by atoms with E-state index in [4.69, 9.17) is 9.47 Å². The first-order valence-electron chi connectivity index (χ1n) is 6.79. The summed E-state index contributed by atoms with van der Waals surface area (Å²) in [6.07, 6.45) is 1.00. The van der Waals surface area contributed by atoms with E-state index in [0.29, 0.717) is 26.4 Å². The molecule has 0 amide bonds. The van der Waals surface area contributed by atoms with Gasteiger partial charge in [-0.15, -0.1) is 0 Å². The Labute approximate surface area is 128 Å². The van der Waals surface area contributed by atoms with Crippen LogP contribution in [0, 0.1) is 10.1 Å². The van der Waals surface area contributed by atoms with E-state index in [1.54, 1.807) is 0 Å². The normalized spacial score (nSPS) is 16.4. The summed E-state index contributed by atoms with van der Waals surface area (Å²) in [4.78, 5) is 12.3. The predicted molar refractivity (Wildman–Crippen MR) is 79.0 cm³/mol. The van der Waals surface area contributed by atoms with E-state index in [9.17, 15) is 18.5 Å². The first-order valence-corrected chi connectivity index (χ1v) is 8.68. The molecule has 1 aliphatic rings. The van der Waals surface area contributed by atoms with Crippen LogP contribution in [0.3, 0.4) is 0 Å². The number of nitro groups is 1. The van der Waals surface area contributed by atoms with Crippen LogP contribution in [-0.4, -0.2) is 64.0 Å². The number of nitro benzene ring substituents is 1. The average Bonchev–Trinajstić information content (AvgIpc) is 2.47. The summed E-state index contributed by atoms with van der Waals surface area (Å²) in [7, 11) is -3.54. The quantitative estimate of drug-likeness (QED) is 0.559. The topological polar surface area (TPSA) is 99.0 Å². The zero-order valence-corrected chi connectivity index (χ0v) is 13.0. The van der Waals surface area contributed by atoms with Crippen molar-refractivity contribution >= 4 is 15.5 Å². The summed E-state index contributed by atoms with van der Waals surface area (Å²) in [5.74, 6) is 0.183. The van der Waals surface area contributed by atoms with Crippen LogP contribution in [0.2, 0.25) is 0 Å². The van der Waals surface area contributed by atoms with Gasteiger partial charge in [0.25, 0.3) is 5.69 Å². The standard InChI is InChI=1S/C13H18N2O6S/c1-22(18,19)13-9-11(15(16)17)8-12(10-13)21-7-4-14-2-5-20-6-3-14/h8-10H,2-7H2,1H3. The van der Waals surface area contributed by atoms with E-state index in [1.807, 2.05) is 0 Å². The third-order valence-electron chi connectivity index (χ3n) is 3.28. The number of benzene rings is 1. The Bertz CT molecular complexity index is 640. The van der Waals surface area contributed by atoms with E-state index in [0.717, 1.165) is 25.4 Å². The van der Waals surface area contributed by atoms with Gasteiger partial charge in [0.05, 0.1) is 29.1 Å². The van der Waals surface area contributed by atoms with Gasteiger partial charge in [0.15, 0.2) is 9.84 Å². The van der Waals surface area contributed by atoms with Crippen LogP contribution in [0.1, 0.15) is 0 Å². The van der Waals surface area contributed by atoms with Crippen molar-refractivity contribution in [2.24, 2.45) is 0 Å². The Morgan fingerprint density at radius 2 is 2.00 bits per heavy atom. The summed E-state index contributed by atoms with van der Waals surface area (Å²) in [6.45, 7) is 3.95. The molecule has 0 aliphatic carbocycles. The second-order valence-electron chi connectivity index (χ2n) is 4.99. The summed E-state index contributed by atoms with van der Waals surface area (Å²) in [6, 6.07) is 3.57. The number of nitrogens with zero attached hydrogens (tertiary/aromatic N) is 2.